The Hall–Kier alpha value is -3.66. The molecule has 3 aromatic heterocycles. The fourth-order valence-corrected chi connectivity index (χ4v) is 5.17. The highest BCUT2D eigenvalue weighted by Crippen LogP contribution is 2.31. The Morgan fingerprint density at radius 1 is 1.08 bits per heavy atom. The first-order valence-corrected chi connectivity index (χ1v) is 12.7. The van der Waals surface area contributed by atoms with Crippen LogP contribution in [0, 0.1) is 6.92 Å². The summed E-state index contributed by atoms with van der Waals surface area (Å²) in [6, 6.07) is 22.0. The number of methoxy groups -OCH3 is 1. The standard InChI is InChI=1S/C27H28N6O2S/c1-19-10-11-21-16-23(27(34)28-24(21)15-19)25(26-29-30-31-33(26)12-13-35-2)32(18-22-9-6-14-36-22)17-20-7-4-3-5-8-20/h3-11,14-16,25H,12-13,17-18H2,1-2H3,(H,28,34)/t25-/m1/s1. The van der Waals surface area contributed by atoms with Crippen LogP contribution in [0.15, 0.2) is 76.9 Å². The van der Waals surface area contributed by atoms with Gasteiger partial charge in [-0.25, -0.2) is 4.68 Å². The van der Waals surface area contributed by atoms with Gasteiger partial charge in [-0.1, -0.05) is 48.5 Å². The van der Waals surface area contributed by atoms with Gasteiger partial charge in [0.2, 0.25) is 0 Å². The SMILES string of the molecule is COCCn1nnnc1[C@@H](c1cc2ccc(C)cc2[nH]c1=O)N(Cc1ccccc1)Cc1cccs1. The molecule has 0 spiro atoms. The van der Waals surface area contributed by atoms with Crippen molar-refractivity contribution in [2.45, 2.75) is 32.6 Å². The van der Waals surface area contributed by atoms with E-state index < -0.39 is 6.04 Å². The second-order valence-corrected chi connectivity index (χ2v) is 9.80. The minimum Gasteiger partial charge on any atom is -0.383 e. The minimum absolute atomic E-state index is 0.149. The Bertz CT molecular complexity index is 1480. The summed E-state index contributed by atoms with van der Waals surface area (Å²) in [4.78, 5) is 20.1. The van der Waals surface area contributed by atoms with Gasteiger partial charge in [0.15, 0.2) is 5.82 Å². The molecule has 9 heteroatoms. The largest absolute Gasteiger partial charge is 0.383 e. The van der Waals surface area contributed by atoms with Gasteiger partial charge in [-0.3, -0.25) is 9.69 Å². The number of nitrogens with zero attached hydrogens (tertiary/aromatic N) is 5. The third-order valence-electron chi connectivity index (χ3n) is 6.17. The summed E-state index contributed by atoms with van der Waals surface area (Å²) in [5.74, 6) is 0.608. The second-order valence-electron chi connectivity index (χ2n) is 8.77. The normalized spacial score (nSPS) is 12.4. The summed E-state index contributed by atoms with van der Waals surface area (Å²) in [5.41, 5.74) is 3.50. The number of thiophene rings is 1. The summed E-state index contributed by atoms with van der Waals surface area (Å²) in [6.45, 7) is 4.21. The number of aryl methyl sites for hydroxylation is 1. The van der Waals surface area contributed by atoms with Crippen LogP contribution in [0.4, 0.5) is 0 Å². The summed E-state index contributed by atoms with van der Waals surface area (Å²) in [5, 5.41) is 15.7. The number of ether oxygens (including phenoxy) is 1. The van der Waals surface area contributed by atoms with Crippen molar-refractivity contribution in [1.29, 1.82) is 0 Å². The first-order valence-electron chi connectivity index (χ1n) is 11.8. The molecule has 5 rings (SSSR count). The van der Waals surface area contributed by atoms with Gasteiger partial charge in [0, 0.05) is 36.2 Å². The highest BCUT2D eigenvalue weighted by molar-refractivity contribution is 7.09. The van der Waals surface area contributed by atoms with Crippen LogP contribution in [0.1, 0.15) is 33.4 Å². The van der Waals surface area contributed by atoms with Crippen LogP contribution in [0.5, 0.6) is 0 Å². The van der Waals surface area contributed by atoms with Crippen molar-refractivity contribution in [1.82, 2.24) is 30.1 Å². The van der Waals surface area contributed by atoms with Gasteiger partial charge in [0.1, 0.15) is 6.04 Å². The average molecular weight is 501 g/mol. The van der Waals surface area contributed by atoms with E-state index in [4.69, 9.17) is 4.74 Å². The molecule has 0 fully saturated rings. The van der Waals surface area contributed by atoms with Gasteiger partial charge < -0.3 is 9.72 Å². The summed E-state index contributed by atoms with van der Waals surface area (Å²) < 4.78 is 7.03. The molecule has 0 unspecified atom stereocenters. The average Bonchev–Trinajstić information content (AvgIpc) is 3.56. The molecular formula is C27H28N6O2S. The Morgan fingerprint density at radius 2 is 1.94 bits per heavy atom. The predicted octanol–water partition coefficient (Wildman–Crippen LogP) is 4.32. The van der Waals surface area contributed by atoms with Crippen LogP contribution >= 0.6 is 11.3 Å². The van der Waals surface area contributed by atoms with Crippen LogP contribution in [0.2, 0.25) is 0 Å². The number of rotatable bonds is 10. The van der Waals surface area contributed by atoms with Crippen molar-refractivity contribution < 1.29 is 4.74 Å². The van der Waals surface area contributed by atoms with E-state index in [1.54, 1.807) is 23.1 Å². The number of nitrogens with one attached hydrogen (secondary N) is 1. The molecular weight excluding hydrogens is 472 g/mol. The number of H-pyrrole nitrogens is 1. The lowest BCUT2D eigenvalue weighted by Gasteiger charge is -2.30. The number of hydrogen-bond acceptors (Lipinski definition) is 7. The highest BCUT2D eigenvalue weighted by Gasteiger charge is 2.31. The summed E-state index contributed by atoms with van der Waals surface area (Å²) in [6.07, 6.45) is 0. The van der Waals surface area contributed by atoms with Crippen LogP contribution < -0.4 is 5.56 Å². The van der Waals surface area contributed by atoms with Gasteiger partial charge in [0.05, 0.1) is 13.2 Å². The van der Waals surface area contributed by atoms with E-state index in [9.17, 15) is 4.79 Å². The smallest absolute Gasteiger partial charge is 0.253 e. The first kappa shape index (κ1) is 24.1. The molecule has 3 heterocycles. The third-order valence-corrected chi connectivity index (χ3v) is 7.03. The molecule has 36 heavy (non-hydrogen) atoms. The molecule has 1 atom stereocenters. The van der Waals surface area contributed by atoms with E-state index in [1.165, 1.54) is 4.88 Å². The highest BCUT2D eigenvalue weighted by atomic mass is 32.1. The van der Waals surface area contributed by atoms with Crippen molar-refractivity contribution >= 4 is 22.2 Å². The number of benzene rings is 2. The maximum atomic E-state index is 13.6. The fraction of sp³-hybridized carbons (Fsp3) is 0.259. The van der Waals surface area contributed by atoms with E-state index in [0.29, 0.717) is 37.6 Å². The topological polar surface area (TPSA) is 88.9 Å². The Balaban J connectivity index is 1.67. The molecule has 0 aliphatic heterocycles. The van der Waals surface area contributed by atoms with Crippen LogP contribution in [0.3, 0.4) is 0 Å². The van der Waals surface area contributed by atoms with Crippen molar-refractivity contribution in [3.05, 3.63) is 110 Å². The number of aromatic nitrogens is 5. The molecule has 0 bridgehead atoms. The van der Waals surface area contributed by atoms with Crippen molar-refractivity contribution in [3.8, 4) is 0 Å². The Morgan fingerprint density at radius 3 is 2.72 bits per heavy atom. The molecule has 5 aromatic rings. The van der Waals surface area contributed by atoms with Gasteiger partial charge in [-0.15, -0.1) is 16.4 Å². The zero-order valence-corrected chi connectivity index (χ0v) is 21.1. The van der Waals surface area contributed by atoms with Gasteiger partial charge >= 0.3 is 0 Å². The zero-order chi connectivity index (χ0) is 24.9. The molecule has 8 nitrogen and oxygen atoms in total. The van der Waals surface area contributed by atoms with Crippen molar-refractivity contribution in [2.24, 2.45) is 0 Å². The van der Waals surface area contributed by atoms with E-state index in [1.807, 2.05) is 49.4 Å². The molecule has 0 amide bonds. The molecule has 184 valence electrons. The molecule has 0 aliphatic rings. The lowest BCUT2D eigenvalue weighted by atomic mass is 10.0. The van der Waals surface area contributed by atoms with Crippen LogP contribution in [-0.2, 0) is 24.4 Å². The Kier molecular flexibility index (Phi) is 7.31. The lowest BCUT2D eigenvalue weighted by molar-refractivity contribution is 0.169. The lowest BCUT2D eigenvalue weighted by Crippen LogP contribution is -2.35. The first-order chi connectivity index (χ1) is 17.6. The van der Waals surface area contributed by atoms with Crippen molar-refractivity contribution in [2.75, 3.05) is 13.7 Å². The van der Waals surface area contributed by atoms with Gasteiger partial charge in [-0.05, 0) is 57.4 Å². The predicted molar refractivity (Wildman–Crippen MR) is 141 cm³/mol. The van der Waals surface area contributed by atoms with Gasteiger partial charge in [-0.2, -0.15) is 0 Å². The number of pyridine rings is 1. The van der Waals surface area contributed by atoms with E-state index in [0.717, 1.165) is 22.0 Å². The number of hydrogen-bond donors (Lipinski definition) is 1. The maximum Gasteiger partial charge on any atom is 0.253 e. The molecule has 0 aliphatic carbocycles. The summed E-state index contributed by atoms with van der Waals surface area (Å²) in [7, 11) is 1.65. The van der Waals surface area contributed by atoms with E-state index in [2.05, 4.69) is 55.1 Å². The third kappa shape index (κ3) is 5.28. The molecule has 0 saturated heterocycles. The summed E-state index contributed by atoms with van der Waals surface area (Å²) >= 11 is 1.69. The van der Waals surface area contributed by atoms with E-state index >= 15 is 0 Å². The van der Waals surface area contributed by atoms with Crippen LogP contribution in [0.25, 0.3) is 10.9 Å². The minimum atomic E-state index is -0.478. The van der Waals surface area contributed by atoms with Crippen LogP contribution in [-0.4, -0.2) is 43.8 Å². The Labute approximate surface area is 213 Å². The molecule has 1 N–H and O–H groups in total. The van der Waals surface area contributed by atoms with Crippen molar-refractivity contribution in [3.63, 3.8) is 0 Å². The number of fused-ring (bicyclic) bond motifs is 1. The second kappa shape index (κ2) is 10.9. The fourth-order valence-electron chi connectivity index (χ4n) is 4.44. The quantitative estimate of drug-likeness (QED) is 0.307. The van der Waals surface area contributed by atoms with E-state index in [-0.39, 0.29) is 5.56 Å². The molecule has 0 radical (unpaired) electrons. The number of aromatic amines is 1. The molecule has 0 saturated carbocycles. The monoisotopic (exact) mass is 500 g/mol. The zero-order valence-electron chi connectivity index (χ0n) is 20.3. The number of tetrazole rings is 1. The maximum absolute atomic E-state index is 13.6. The molecule has 2 aromatic carbocycles. The van der Waals surface area contributed by atoms with Gasteiger partial charge in [0.25, 0.3) is 5.56 Å².